The average Bonchev–Trinajstić information content (AvgIpc) is 2.27. The molecule has 0 aliphatic heterocycles. The fourth-order valence-electron chi connectivity index (χ4n) is 1.40. The molecular formula is C13H17NO2. The first-order valence-electron chi connectivity index (χ1n) is 5.28. The van der Waals surface area contributed by atoms with Crippen LogP contribution in [0.1, 0.15) is 13.8 Å². The summed E-state index contributed by atoms with van der Waals surface area (Å²) in [6, 6.07) is 9.53. The Balaban J connectivity index is 2.83. The van der Waals surface area contributed by atoms with Crippen molar-refractivity contribution in [1.82, 2.24) is 0 Å². The smallest absolute Gasteiger partial charge is 0.414 e. The van der Waals surface area contributed by atoms with E-state index in [1.54, 1.807) is 11.0 Å². The van der Waals surface area contributed by atoms with Gasteiger partial charge in [0, 0.05) is 11.7 Å². The third-order valence-corrected chi connectivity index (χ3v) is 2.07. The zero-order valence-electron chi connectivity index (χ0n) is 9.72. The second-order valence-corrected chi connectivity index (χ2v) is 3.66. The summed E-state index contributed by atoms with van der Waals surface area (Å²) in [5, 5.41) is 0. The molecule has 1 aromatic rings. The summed E-state index contributed by atoms with van der Waals surface area (Å²) in [6.07, 6.45) is 1.21. The molecule has 0 saturated heterocycles. The van der Waals surface area contributed by atoms with Gasteiger partial charge in [0.25, 0.3) is 0 Å². The topological polar surface area (TPSA) is 29.5 Å². The van der Waals surface area contributed by atoms with E-state index in [-0.39, 0.29) is 18.7 Å². The molecule has 0 N–H and O–H groups in total. The standard InChI is InChI=1S/C13H17NO2/c1-4-10-16-13(15)14(11(2)3)12-8-6-5-7-9-12/h4-9,11H,1,10H2,2-3H3. The molecule has 0 fully saturated rings. The van der Waals surface area contributed by atoms with E-state index in [1.807, 2.05) is 44.2 Å². The lowest BCUT2D eigenvalue weighted by atomic mass is 10.2. The van der Waals surface area contributed by atoms with Crippen molar-refractivity contribution in [3.05, 3.63) is 43.0 Å². The zero-order valence-corrected chi connectivity index (χ0v) is 9.72. The fraction of sp³-hybridized carbons (Fsp3) is 0.308. The number of carbonyl (C=O) groups excluding carboxylic acids is 1. The predicted molar refractivity (Wildman–Crippen MR) is 65.6 cm³/mol. The van der Waals surface area contributed by atoms with E-state index in [2.05, 4.69) is 6.58 Å². The quantitative estimate of drug-likeness (QED) is 0.728. The predicted octanol–water partition coefficient (Wildman–Crippen LogP) is 3.22. The van der Waals surface area contributed by atoms with Gasteiger partial charge in [0.15, 0.2) is 0 Å². The van der Waals surface area contributed by atoms with Crippen LogP contribution in [0, 0.1) is 0 Å². The summed E-state index contributed by atoms with van der Waals surface area (Å²) in [6.45, 7) is 7.64. The Morgan fingerprint density at radius 2 is 2.06 bits per heavy atom. The van der Waals surface area contributed by atoms with Gasteiger partial charge in [-0.1, -0.05) is 30.9 Å². The number of carbonyl (C=O) groups is 1. The van der Waals surface area contributed by atoms with Gasteiger partial charge >= 0.3 is 6.09 Å². The molecule has 0 radical (unpaired) electrons. The minimum absolute atomic E-state index is 0.0553. The van der Waals surface area contributed by atoms with Crippen molar-refractivity contribution in [2.24, 2.45) is 0 Å². The number of anilines is 1. The number of amides is 1. The summed E-state index contributed by atoms with van der Waals surface area (Å²) in [5.74, 6) is 0. The number of nitrogens with zero attached hydrogens (tertiary/aromatic N) is 1. The number of benzene rings is 1. The maximum Gasteiger partial charge on any atom is 0.414 e. The van der Waals surface area contributed by atoms with Crippen molar-refractivity contribution in [1.29, 1.82) is 0 Å². The molecule has 0 aliphatic rings. The summed E-state index contributed by atoms with van der Waals surface area (Å²) >= 11 is 0. The molecule has 1 rings (SSSR count). The van der Waals surface area contributed by atoms with Crippen LogP contribution in [0.2, 0.25) is 0 Å². The highest BCUT2D eigenvalue weighted by Gasteiger charge is 2.19. The molecule has 0 bridgehead atoms. The Morgan fingerprint density at radius 1 is 1.44 bits per heavy atom. The van der Waals surface area contributed by atoms with E-state index in [0.717, 1.165) is 5.69 Å². The van der Waals surface area contributed by atoms with Crippen molar-refractivity contribution in [2.45, 2.75) is 19.9 Å². The van der Waals surface area contributed by atoms with E-state index in [0.29, 0.717) is 0 Å². The van der Waals surface area contributed by atoms with E-state index >= 15 is 0 Å². The molecule has 0 atom stereocenters. The van der Waals surface area contributed by atoms with Gasteiger partial charge in [-0.05, 0) is 26.0 Å². The van der Waals surface area contributed by atoms with Crippen LogP contribution >= 0.6 is 0 Å². The summed E-state index contributed by atoms with van der Waals surface area (Å²) in [4.78, 5) is 13.4. The molecule has 0 spiro atoms. The van der Waals surface area contributed by atoms with Crippen LogP contribution in [-0.2, 0) is 4.74 Å². The highest BCUT2D eigenvalue weighted by atomic mass is 16.6. The average molecular weight is 219 g/mol. The molecule has 86 valence electrons. The van der Waals surface area contributed by atoms with Crippen LogP contribution in [0.25, 0.3) is 0 Å². The Labute approximate surface area is 96.3 Å². The number of ether oxygens (including phenoxy) is 1. The summed E-state index contributed by atoms with van der Waals surface area (Å²) in [7, 11) is 0. The first kappa shape index (κ1) is 12.3. The van der Waals surface area contributed by atoms with Crippen LogP contribution in [-0.4, -0.2) is 18.7 Å². The van der Waals surface area contributed by atoms with Crippen molar-refractivity contribution in [2.75, 3.05) is 11.5 Å². The van der Waals surface area contributed by atoms with Gasteiger partial charge < -0.3 is 4.74 Å². The van der Waals surface area contributed by atoms with Gasteiger partial charge in [0.1, 0.15) is 6.61 Å². The minimum atomic E-state index is -0.346. The Kier molecular flexibility index (Phi) is 4.58. The molecule has 3 nitrogen and oxygen atoms in total. The lowest BCUT2D eigenvalue weighted by Gasteiger charge is -2.25. The Hall–Kier alpha value is -1.77. The van der Waals surface area contributed by atoms with E-state index < -0.39 is 0 Å². The molecule has 0 aromatic heterocycles. The van der Waals surface area contributed by atoms with Crippen LogP contribution in [0.15, 0.2) is 43.0 Å². The Morgan fingerprint density at radius 3 is 2.56 bits per heavy atom. The number of rotatable bonds is 4. The molecule has 0 saturated carbocycles. The van der Waals surface area contributed by atoms with Gasteiger partial charge in [0.05, 0.1) is 0 Å². The van der Waals surface area contributed by atoms with Crippen LogP contribution in [0.4, 0.5) is 10.5 Å². The highest BCUT2D eigenvalue weighted by Crippen LogP contribution is 2.17. The largest absolute Gasteiger partial charge is 0.445 e. The zero-order chi connectivity index (χ0) is 12.0. The van der Waals surface area contributed by atoms with Crippen LogP contribution < -0.4 is 4.90 Å². The van der Waals surface area contributed by atoms with Crippen molar-refractivity contribution >= 4 is 11.8 Å². The van der Waals surface area contributed by atoms with Gasteiger partial charge in [0.2, 0.25) is 0 Å². The van der Waals surface area contributed by atoms with Gasteiger partial charge in [-0.15, -0.1) is 0 Å². The van der Waals surface area contributed by atoms with Crippen molar-refractivity contribution < 1.29 is 9.53 Å². The number of para-hydroxylation sites is 1. The molecule has 0 unspecified atom stereocenters. The van der Waals surface area contributed by atoms with E-state index in [1.165, 1.54) is 0 Å². The maximum absolute atomic E-state index is 11.8. The molecule has 0 aliphatic carbocycles. The minimum Gasteiger partial charge on any atom is -0.445 e. The number of hydrogen-bond acceptors (Lipinski definition) is 2. The van der Waals surface area contributed by atoms with Gasteiger partial charge in [-0.2, -0.15) is 0 Å². The third kappa shape index (κ3) is 3.12. The fourth-order valence-corrected chi connectivity index (χ4v) is 1.40. The lowest BCUT2D eigenvalue weighted by Crippen LogP contribution is -2.37. The molecule has 1 aromatic carbocycles. The summed E-state index contributed by atoms with van der Waals surface area (Å²) in [5.41, 5.74) is 0.839. The summed E-state index contributed by atoms with van der Waals surface area (Å²) < 4.78 is 5.04. The second kappa shape index (κ2) is 5.95. The molecule has 3 heteroatoms. The SMILES string of the molecule is C=CCOC(=O)N(c1ccccc1)C(C)C. The van der Waals surface area contributed by atoms with Gasteiger partial charge in [-0.25, -0.2) is 4.79 Å². The molecule has 1 amide bonds. The van der Waals surface area contributed by atoms with Crippen molar-refractivity contribution in [3.8, 4) is 0 Å². The van der Waals surface area contributed by atoms with E-state index in [9.17, 15) is 4.79 Å². The van der Waals surface area contributed by atoms with E-state index in [4.69, 9.17) is 4.74 Å². The molecular weight excluding hydrogens is 202 g/mol. The first-order chi connectivity index (χ1) is 7.66. The third-order valence-electron chi connectivity index (χ3n) is 2.07. The lowest BCUT2D eigenvalue weighted by molar-refractivity contribution is 0.164. The maximum atomic E-state index is 11.8. The number of hydrogen-bond donors (Lipinski definition) is 0. The Bertz CT molecular complexity index is 346. The molecule has 0 heterocycles. The first-order valence-corrected chi connectivity index (χ1v) is 5.28. The van der Waals surface area contributed by atoms with Crippen LogP contribution in [0.5, 0.6) is 0 Å². The highest BCUT2D eigenvalue weighted by molar-refractivity contribution is 5.88. The molecule has 16 heavy (non-hydrogen) atoms. The van der Waals surface area contributed by atoms with Gasteiger partial charge in [-0.3, -0.25) is 4.90 Å². The normalized spacial score (nSPS) is 9.94. The van der Waals surface area contributed by atoms with Crippen LogP contribution in [0.3, 0.4) is 0 Å². The monoisotopic (exact) mass is 219 g/mol. The second-order valence-electron chi connectivity index (χ2n) is 3.66. The van der Waals surface area contributed by atoms with Crippen molar-refractivity contribution in [3.63, 3.8) is 0 Å².